The summed E-state index contributed by atoms with van der Waals surface area (Å²) in [7, 11) is -3.14. The standard InChI is InChI=1S/C13H20N2O2S/c1-4-5-10-18(16,17)13-8-6-12(7-9-13)15-14-11(2)3/h6-9,11H,4-5,10H2,1-3H3/b15-14+. The van der Waals surface area contributed by atoms with E-state index in [0.29, 0.717) is 17.0 Å². The van der Waals surface area contributed by atoms with E-state index in [4.69, 9.17) is 0 Å². The van der Waals surface area contributed by atoms with Crippen molar-refractivity contribution in [2.75, 3.05) is 5.75 Å². The zero-order chi connectivity index (χ0) is 13.6. The van der Waals surface area contributed by atoms with Gasteiger partial charge in [0, 0.05) is 0 Å². The average Bonchev–Trinajstić information content (AvgIpc) is 2.34. The third-order valence-electron chi connectivity index (χ3n) is 2.37. The van der Waals surface area contributed by atoms with Crippen molar-refractivity contribution in [3.63, 3.8) is 0 Å². The minimum Gasteiger partial charge on any atom is -0.224 e. The normalized spacial score (nSPS) is 12.4. The van der Waals surface area contributed by atoms with Gasteiger partial charge in [-0.1, -0.05) is 13.3 Å². The second kappa shape index (κ2) is 6.64. The SMILES string of the molecule is CCCCS(=O)(=O)c1ccc(/N=N/C(C)C)cc1. The summed E-state index contributed by atoms with van der Waals surface area (Å²) in [5, 5.41) is 8.03. The summed E-state index contributed by atoms with van der Waals surface area (Å²) < 4.78 is 23.8. The molecule has 100 valence electrons. The second-order valence-corrected chi connectivity index (χ2v) is 6.58. The summed E-state index contributed by atoms with van der Waals surface area (Å²) in [4.78, 5) is 0.361. The van der Waals surface area contributed by atoms with Crippen molar-refractivity contribution in [3.8, 4) is 0 Å². The lowest BCUT2D eigenvalue weighted by atomic mass is 10.3. The fourth-order valence-corrected chi connectivity index (χ4v) is 2.81. The van der Waals surface area contributed by atoms with Gasteiger partial charge in [0.15, 0.2) is 9.84 Å². The van der Waals surface area contributed by atoms with E-state index in [1.54, 1.807) is 24.3 Å². The highest BCUT2D eigenvalue weighted by Gasteiger charge is 2.12. The number of azo groups is 1. The van der Waals surface area contributed by atoms with Gasteiger partial charge in [-0.2, -0.15) is 10.2 Å². The van der Waals surface area contributed by atoms with Gasteiger partial charge in [0.25, 0.3) is 0 Å². The maximum absolute atomic E-state index is 11.9. The van der Waals surface area contributed by atoms with Gasteiger partial charge in [-0.05, 0) is 44.5 Å². The molecule has 0 saturated carbocycles. The highest BCUT2D eigenvalue weighted by molar-refractivity contribution is 7.91. The van der Waals surface area contributed by atoms with E-state index in [0.717, 1.165) is 6.42 Å². The maximum Gasteiger partial charge on any atom is 0.178 e. The van der Waals surface area contributed by atoms with E-state index in [-0.39, 0.29) is 11.8 Å². The Labute approximate surface area is 109 Å². The third-order valence-corrected chi connectivity index (χ3v) is 4.18. The number of hydrogen-bond donors (Lipinski definition) is 0. The Morgan fingerprint density at radius 1 is 1.17 bits per heavy atom. The molecule has 1 rings (SSSR count). The molecule has 0 aliphatic rings. The van der Waals surface area contributed by atoms with Gasteiger partial charge in [-0.15, -0.1) is 0 Å². The first-order valence-electron chi connectivity index (χ1n) is 6.19. The molecule has 0 radical (unpaired) electrons. The topological polar surface area (TPSA) is 58.9 Å². The predicted molar refractivity (Wildman–Crippen MR) is 73.1 cm³/mol. The molecule has 0 heterocycles. The van der Waals surface area contributed by atoms with E-state index in [2.05, 4.69) is 10.2 Å². The van der Waals surface area contributed by atoms with Gasteiger partial charge in [-0.25, -0.2) is 8.42 Å². The minimum absolute atomic E-state index is 0.137. The van der Waals surface area contributed by atoms with Crippen LogP contribution in [-0.2, 0) is 9.84 Å². The molecule has 0 N–H and O–H groups in total. The highest BCUT2D eigenvalue weighted by atomic mass is 32.2. The molecule has 0 aromatic heterocycles. The molecule has 0 amide bonds. The monoisotopic (exact) mass is 268 g/mol. The average molecular weight is 268 g/mol. The Balaban J connectivity index is 2.82. The van der Waals surface area contributed by atoms with Crippen LogP contribution in [0.3, 0.4) is 0 Å². The first-order valence-corrected chi connectivity index (χ1v) is 7.84. The van der Waals surface area contributed by atoms with Crippen molar-refractivity contribution in [1.82, 2.24) is 0 Å². The van der Waals surface area contributed by atoms with E-state index in [9.17, 15) is 8.42 Å². The lowest BCUT2D eigenvalue weighted by Gasteiger charge is -2.03. The number of unbranched alkanes of at least 4 members (excludes halogenated alkanes) is 1. The van der Waals surface area contributed by atoms with Gasteiger partial charge in [-0.3, -0.25) is 0 Å². The molecular weight excluding hydrogens is 248 g/mol. The summed E-state index contributed by atoms with van der Waals surface area (Å²) in [6, 6.07) is 6.70. The largest absolute Gasteiger partial charge is 0.224 e. The van der Waals surface area contributed by atoms with E-state index < -0.39 is 9.84 Å². The van der Waals surface area contributed by atoms with Crippen LogP contribution in [0, 0.1) is 0 Å². The Morgan fingerprint density at radius 3 is 2.28 bits per heavy atom. The molecule has 18 heavy (non-hydrogen) atoms. The lowest BCUT2D eigenvalue weighted by molar-refractivity contribution is 0.592. The van der Waals surface area contributed by atoms with Crippen LogP contribution in [-0.4, -0.2) is 20.2 Å². The number of rotatable bonds is 6. The van der Waals surface area contributed by atoms with Crippen molar-refractivity contribution >= 4 is 15.5 Å². The smallest absolute Gasteiger partial charge is 0.178 e. The van der Waals surface area contributed by atoms with Crippen molar-refractivity contribution in [2.24, 2.45) is 10.2 Å². The van der Waals surface area contributed by atoms with Gasteiger partial charge >= 0.3 is 0 Å². The Hall–Kier alpha value is -1.23. The molecule has 0 aliphatic heterocycles. The maximum atomic E-state index is 11.9. The van der Waals surface area contributed by atoms with Gasteiger partial charge in [0.2, 0.25) is 0 Å². The summed E-state index contributed by atoms with van der Waals surface area (Å²) >= 11 is 0. The van der Waals surface area contributed by atoms with Crippen LogP contribution in [0.15, 0.2) is 39.4 Å². The number of benzene rings is 1. The van der Waals surface area contributed by atoms with Crippen molar-refractivity contribution in [3.05, 3.63) is 24.3 Å². The molecule has 5 heteroatoms. The van der Waals surface area contributed by atoms with Crippen LogP contribution in [0.2, 0.25) is 0 Å². The van der Waals surface area contributed by atoms with Crippen LogP contribution in [0.5, 0.6) is 0 Å². The molecule has 1 aromatic rings. The fraction of sp³-hybridized carbons (Fsp3) is 0.538. The van der Waals surface area contributed by atoms with Gasteiger partial charge in [0.05, 0.1) is 22.4 Å². The van der Waals surface area contributed by atoms with Crippen molar-refractivity contribution in [2.45, 2.75) is 44.6 Å². The Morgan fingerprint density at radius 2 is 1.78 bits per heavy atom. The van der Waals surface area contributed by atoms with Crippen molar-refractivity contribution in [1.29, 1.82) is 0 Å². The first-order chi connectivity index (χ1) is 8.45. The molecule has 0 atom stereocenters. The molecule has 0 unspecified atom stereocenters. The lowest BCUT2D eigenvalue weighted by Crippen LogP contribution is -2.06. The molecule has 0 spiro atoms. The van der Waals surface area contributed by atoms with Crippen LogP contribution in [0.1, 0.15) is 33.6 Å². The fourth-order valence-electron chi connectivity index (χ4n) is 1.35. The first kappa shape index (κ1) is 14.8. The summed E-state index contributed by atoms with van der Waals surface area (Å²) in [5.41, 5.74) is 0.679. The molecule has 0 fully saturated rings. The molecule has 0 bridgehead atoms. The van der Waals surface area contributed by atoms with Gasteiger partial charge < -0.3 is 0 Å². The Bertz CT molecular complexity index is 490. The zero-order valence-electron chi connectivity index (χ0n) is 11.1. The molecule has 0 saturated heterocycles. The van der Waals surface area contributed by atoms with Gasteiger partial charge in [0.1, 0.15) is 0 Å². The van der Waals surface area contributed by atoms with Crippen LogP contribution in [0.25, 0.3) is 0 Å². The Kier molecular flexibility index (Phi) is 5.47. The molecular formula is C13H20N2O2S. The summed E-state index contributed by atoms with van der Waals surface area (Å²) in [6.07, 6.45) is 1.57. The van der Waals surface area contributed by atoms with E-state index in [1.165, 1.54) is 0 Å². The molecule has 1 aromatic carbocycles. The van der Waals surface area contributed by atoms with E-state index in [1.807, 2.05) is 20.8 Å². The van der Waals surface area contributed by atoms with Crippen LogP contribution >= 0.6 is 0 Å². The predicted octanol–water partition coefficient (Wildman–Crippen LogP) is 3.75. The van der Waals surface area contributed by atoms with E-state index >= 15 is 0 Å². The molecule has 4 nitrogen and oxygen atoms in total. The van der Waals surface area contributed by atoms with Crippen LogP contribution < -0.4 is 0 Å². The molecule has 0 aliphatic carbocycles. The second-order valence-electron chi connectivity index (χ2n) is 4.48. The minimum atomic E-state index is -3.14. The number of nitrogens with zero attached hydrogens (tertiary/aromatic N) is 2. The van der Waals surface area contributed by atoms with Crippen molar-refractivity contribution < 1.29 is 8.42 Å². The summed E-state index contributed by atoms with van der Waals surface area (Å²) in [5.74, 6) is 0.205. The summed E-state index contributed by atoms with van der Waals surface area (Å²) in [6.45, 7) is 5.85. The third kappa shape index (κ3) is 4.56. The highest BCUT2D eigenvalue weighted by Crippen LogP contribution is 2.19. The quantitative estimate of drug-likeness (QED) is 0.738. The zero-order valence-corrected chi connectivity index (χ0v) is 11.9. The number of hydrogen-bond acceptors (Lipinski definition) is 4. The van der Waals surface area contributed by atoms with Crippen LogP contribution in [0.4, 0.5) is 5.69 Å². The number of sulfone groups is 1.